The van der Waals surface area contributed by atoms with Crippen LogP contribution in [0.4, 0.5) is 0 Å². The van der Waals surface area contributed by atoms with E-state index in [0.717, 1.165) is 11.1 Å². The maximum absolute atomic E-state index is 12.3. The summed E-state index contributed by atoms with van der Waals surface area (Å²) in [5.41, 5.74) is 2.11. The Labute approximate surface area is 153 Å². The number of rotatable bonds is 3. The van der Waals surface area contributed by atoms with Crippen LogP contribution >= 0.6 is 0 Å². The van der Waals surface area contributed by atoms with Crippen molar-refractivity contribution in [1.82, 2.24) is 0 Å². The van der Waals surface area contributed by atoms with Gasteiger partial charge in [0.15, 0.2) is 0 Å². The van der Waals surface area contributed by atoms with Gasteiger partial charge in [0.05, 0.1) is 24.2 Å². The number of allylic oxidation sites excluding steroid dienone is 1. The number of carbonyl (C=O) groups excluding carboxylic acids is 2. The summed E-state index contributed by atoms with van der Waals surface area (Å²) in [4.78, 5) is 24.4. The van der Waals surface area contributed by atoms with Crippen LogP contribution in [0.1, 0.15) is 33.6 Å². The van der Waals surface area contributed by atoms with E-state index in [9.17, 15) is 19.8 Å². The summed E-state index contributed by atoms with van der Waals surface area (Å²) in [6.45, 7) is 8.72. The van der Waals surface area contributed by atoms with Crippen molar-refractivity contribution in [2.75, 3.05) is 6.61 Å². The molecule has 1 saturated heterocycles. The third kappa shape index (κ3) is 4.51. The summed E-state index contributed by atoms with van der Waals surface area (Å²) in [5, 5.41) is 19.4. The van der Waals surface area contributed by atoms with Gasteiger partial charge < -0.3 is 19.7 Å². The van der Waals surface area contributed by atoms with Crippen LogP contribution in [-0.4, -0.2) is 47.1 Å². The normalized spacial score (nSPS) is 34.1. The van der Waals surface area contributed by atoms with Crippen molar-refractivity contribution in [3.8, 4) is 0 Å². The number of esters is 2. The van der Waals surface area contributed by atoms with Crippen LogP contribution in [0, 0.1) is 5.92 Å². The van der Waals surface area contributed by atoms with Gasteiger partial charge in [-0.25, -0.2) is 9.59 Å². The van der Waals surface area contributed by atoms with Crippen LogP contribution in [0.3, 0.4) is 0 Å². The second-order valence-corrected chi connectivity index (χ2v) is 6.84. The third-order valence-corrected chi connectivity index (χ3v) is 4.68. The highest BCUT2D eigenvalue weighted by Gasteiger charge is 2.44. The Morgan fingerprint density at radius 2 is 2.00 bits per heavy atom. The second kappa shape index (κ2) is 8.47. The lowest BCUT2D eigenvalue weighted by Crippen LogP contribution is -2.34. The molecule has 0 bridgehead atoms. The summed E-state index contributed by atoms with van der Waals surface area (Å²) >= 11 is 0. The Balaban J connectivity index is 2.41. The van der Waals surface area contributed by atoms with Crippen molar-refractivity contribution in [2.24, 2.45) is 5.92 Å². The van der Waals surface area contributed by atoms with Gasteiger partial charge in [-0.05, 0) is 33.3 Å². The zero-order chi connectivity index (χ0) is 19.4. The molecule has 6 heteroatoms. The summed E-state index contributed by atoms with van der Waals surface area (Å²) in [7, 11) is 0. The lowest BCUT2D eigenvalue weighted by molar-refractivity contribution is -0.147. The van der Waals surface area contributed by atoms with E-state index in [1.165, 1.54) is 6.08 Å². The number of aliphatic hydroxyl groups is 2. The predicted octanol–water partition coefficient (Wildman–Crippen LogP) is 1.98. The number of fused-ring (bicyclic) bond motifs is 1. The summed E-state index contributed by atoms with van der Waals surface area (Å²) in [6.07, 6.45) is 3.79. The number of carbonyl (C=O) groups is 2. The van der Waals surface area contributed by atoms with Gasteiger partial charge in [-0.15, -0.1) is 0 Å². The fourth-order valence-corrected chi connectivity index (χ4v) is 3.36. The SMILES string of the molecule is C=C1C(=O)O[C@@H]2/C=C(/C)C[C@H](O)/C=C(/C)C[C@@H](OC(=O)/C(=C\C)CO)[C@H]12. The first-order chi connectivity index (χ1) is 12.3. The minimum atomic E-state index is -0.696. The molecule has 1 aliphatic heterocycles. The topological polar surface area (TPSA) is 93.1 Å². The lowest BCUT2D eigenvalue weighted by Gasteiger charge is -2.28. The van der Waals surface area contributed by atoms with Gasteiger partial charge in [-0.3, -0.25) is 0 Å². The zero-order valence-corrected chi connectivity index (χ0v) is 15.4. The molecule has 1 aliphatic carbocycles. The Kier molecular flexibility index (Phi) is 6.56. The van der Waals surface area contributed by atoms with E-state index in [0.29, 0.717) is 12.8 Å². The van der Waals surface area contributed by atoms with Crippen LogP contribution in [0.5, 0.6) is 0 Å². The molecule has 0 spiro atoms. The van der Waals surface area contributed by atoms with Crippen LogP contribution in [-0.2, 0) is 19.1 Å². The van der Waals surface area contributed by atoms with E-state index >= 15 is 0 Å². The lowest BCUT2D eigenvalue weighted by atomic mass is 9.85. The first-order valence-electron chi connectivity index (χ1n) is 8.66. The molecular formula is C20H26O6. The van der Waals surface area contributed by atoms with Crippen LogP contribution in [0.2, 0.25) is 0 Å². The Morgan fingerprint density at radius 1 is 1.35 bits per heavy atom. The fraction of sp³-hybridized carbons (Fsp3) is 0.500. The van der Waals surface area contributed by atoms with Crippen molar-refractivity contribution in [3.63, 3.8) is 0 Å². The van der Waals surface area contributed by atoms with Crippen molar-refractivity contribution in [1.29, 1.82) is 0 Å². The molecule has 142 valence electrons. The maximum atomic E-state index is 12.3. The van der Waals surface area contributed by atoms with Gasteiger partial charge in [-0.1, -0.05) is 29.9 Å². The largest absolute Gasteiger partial charge is 0.458 e. The molecular weight excluding hydrogens is 336 g/mol. The molecule has 0 radical (unpaired) electrons. The summed E-state index contributed by atoms with van der Waals surface area (Å²) < 4.78 is 11.0. The molecule has 0 aromatic heterocycles. The smallest absolute Gasteiger partial charge is 0.336 e. The predicted molar refractivity (Wildman–Crippen MR) is 96.0 cm³/mol. The van der Waals surface area contributed by atoms with Gasteiger partial charge in [0.2, 0.25) is 0 Å². The monoisotopic (exact) mass is 362 g/mol. The molecule has 1 fully saturated rings. The molecule has 0 aromatic rings. The van der Waals surface area contributed by atoms with Gasteiger partial charge in [0, 0.05) is 12.0 Å². The van der Waals surface area contributed by atoms with Gasteiger partial charge in [-0.2, -0.15) is 0 Å². The van der Waals surface area contributed by atoms with E-state index in [4.69, 9.17) is 9.47 Å². The number of aliphatic hydroxyl groups excluding tert-OH is 2. The van der Waals surface area contributed by atoms with Gasteiger partial charge >= 0.3 is 11.9 Å². The molecule has 1 heterocycles. The number of ether oxygens (including phenoxy) is 2. The number of hydrogen-bond acceptors (Lipinski definition) is 6. The second-order valence-electron chi connectivity index (χ2n) is 6.84. The fourth-order valence-electron chi connectivity index (χ4n) is 3.36. The third-order valence-electron chi connectivity index (χ3n) is 4.68. The minimum absolute atomic E-state index is 0.142. The first kappa shape index (κ1) is 20.1. The van der Waals surface area contributed by atoms with Crippen molar-refractivity contribution in [2.45, 2.75) is 51.9 Å². The molecule has 0 aromatic carbocycles. The minimum Gasteiger partial charge on any atom is -0.458 e. The van der Waals surface area contributed by atoms with Gasteiger partial charge in [0.1, 0.15) is 12.2 Å². The summed E-state index contributed by atoms with van der Waals surface area (Å²) in [5.74, 6) is -1.67. The van der Waals surface area contributed by atoms with Crippen molar-refractivity contribution < 1.29 is 29.3 Å². The molecule has 26 heavy (non-hydrogen) atoms. The molecule has 2 N–H and O–H groups in total. The Hall–Kier alpha value is -2.18. The van der Waals surface area contributed by atoms with Crippen molar-refractivity contribution in [3.05, 3.63) is 47.1 Å². The van der Waals surface area contributed by atoms with Crippen LogP contribution in [0.15, 0.2) is 47.1 Å². The molecule has 2 aliphatic rings. The molecule has 6 nitrogen and oxygen atoms in total. The molecule has 0 unspecified atom stereocenters. The zero-order valence-electron chi connectivity index (χ0n) is 15.4. The Bertz CT molecular complexity index is 684. The quantitative estimate of drug-likeness (QED) is 0.453. The maximum Gasteiger partial charge on any atom is 0.336 e. The molecule has 2 rings (SSSR count). The average Bonchev–Trinajstić information content (AvgIpc) is 2.81. The summed E-state index contributed by atoms with van der Waals surface area (Å²) in [6, 6.07) is 0. The highest BCUT2D eigenvalue weighted by Crippen LogP contribution is 2.36. The van der Waals surface area contributed by atoms with E-state index in [2.05, 4.69) is 6.58 Å². The van der Waals surface area contributed by atoms with Crippen molar-refractivity contribution >= 4 is 11.9 Å². The highest BCUT2D eigenvalue weighted by molar-refractivity contribution is 5.92. The molecule has 0 saturated carbocycles. The van der Waals surface area contributed by atoms with Crippen LogP contribution < -0.4 is 0 Å². The standard InChI is InChI=1S/C20H26O6/c1-5-14(10-21)20(24)26-17-9-12(3)7-15(22)6-11(2)8-16-18(17)13(4)19(23)25-16/h5,7-8,15-18,21-22H,4,6,9-10H2,1-3H3/b11-8-,12-7-,14-5-/t15-,16+,17+,18+/m0/s1. The average molecular weight is 362 g/mol. The van der Waals surface area contributed by atoms with Gasteiger partial charge in [0.25, 0.3) is 0 Å². The van der Waals surface area contributed by atoms with E-state index in [-0.39, 0.29) is 11.1 Å². The number of hydrogen-bond donors (Lipinski definition) is 2. The van der Waals surface area contributed by atoms with E-state index in [1.807, 2.05) is 13.8 Å². The molecule has 0 amide bonds. The highest BCUT2D eigenvalue weighted by atomic mass is 16.6. The molecule has 4 atom stereocenters. The van der Waals surface area contributed by atoms with E-state index in [1.54, 1.807) is 19.1 Å². The van der Waals surface area contributed by atoms with Crippen LogP contribution in [0.25, 0.3) is 0 Å². The Morgan fingerprint density at radius 3 is 2.62 bits per heavy atom. The first-order valence-corrected chi connectivity index (χ1v) is 8.66. The van der Waals surface area contributed by atoms with E-state index < -0.39 is 42.8 Å².